The van der Waals surface area contributed by atoms with Gasteiger partial charge in [0, 0.05) is 56.5 Å². The average Bonchev–Trinajstić information content (AvgIpc) is 3.02. The molecule has 7 heteroatoms. The van der Waals surface area contributed by atoms with Crippen molar-refractivity contribution in [3.63, 3.8) is 0 Å². The highest BCUT2D eigenvalue weighted by Crippen LogP contribution is 2.16. The summed E-state index contributed by atoms with van der Waals surface area (Å²) in [5.41, 5.74) is 0.856. The first-order valence-corrected chi connectivity index (χ1v) is 7.84. The van der Waals surface area contributed by atoms with Crippen molar-refractivity contribution in [3.8, 4) is 11.4 Å². The summed E-state index contributed by atoms with van der Waals surface area (Å²) in [6, 6.07) is 3.90. The molecule has 0 bridgehead atoms. The fraction of sp³-hybridized carbons (Fsp3) is 0.500. The van der Waals surface area contributed by atoms with Crippen LogP contribution in [0.25, 0.3) is 11.4 Å². The minimum Gasteiger partial charge on any atom is -0.339 e. The molecule has 1 saturated heterocycles. The fourth-order valence-corrected chi connectivity index (χ4v) is 2.84. The molecule has 0 saturated carbocycles. The van der Waals surface area contributed by atoms with E-state index >= 15 is 0 Å². The second-order valence-corrected chi connectivity index (χ2v) is 5.95. The zero-order valence-corrected chi connectivity index (χ0v) is 13.5. The minimum absolute atomic E-state index is 0.147. The molecular formula is C16H21N5O2. The van der Waals surface area contributed by atoms with Crippen molar-refractivity contribution in [3.05, 3.63) is 30.4 Å². The van der Waals surface area contributed by atoms with Gasteiger partial charge in [-0.05, 0) is 26.1 Å². The number of hydrogen-bond acceptors (Lipinski definition) is 6. The number of nitrogens with zero attached hydrogens (tertiary/aromatic N) is 5. The smallest absolute Gasteiger partial charge is 0.227 e. The number of pyridine rings is 1. The van der Waals surface area contributed by atoms with Crippen LogP contribution in [0.1, 0.15) is 19.2 Å². The number of hydrogen-bond donors (Lipinski definition) is 0. The Kier molecular flexibility index (Phi) is 4.66. The third kappa shape index (κ3) is 3.73. The number of piperazine rings is 1. The first kappa shape index (κ1) is 15.6. The third-order valence-electron chi connectivity index (χ3n) is 4.11. The van der Waals surface area contributed by atoms with Crippen LogP contribution in [0.5, 0.6) is 0 Å². The van der Waals surface area contributed by atoms with E-state index in [1.54, 1.807) is 12.4 Å². The molecule has 1 fully saturated rings. The van der Waals surface area contributed by atoms with Crippen molar-refractivity contribution in [2.45, 2.75) is 25.8 Å². The standard InChI is InChI=1S/C16H21N5O2/c1-12-11-20(2)9-10-21(12)15(22)4-3-14-18-16(19-23-14)13-5-7-17-8-6-13/h5-8,12H,3-4,9-11H2,1-2H3. The molecule has 2 aromatic rings. The highest BCUT2D eigenvalue weighted by molar-refractivity contribution is 5.76. The first-order valence-electron chi connectivity index (χ1n) is 7.84. The van der Waals surface area contributed by atoms with E-state index in [0.29, 0.717) is 24.6 Å². The van der Waals surface area contributed by atoms with Crippen molar-refractivity contribution < 1.29 is 9.32 Å². The SMILES string of the molecule is CC1CN(C)CCN1C(=O)CCc1nc(-c2ccncc2)no1. The van der Waals surface area contributed by atoms with Crippen molar-refractivity contribution in [1.29, 1.82) is 0 Å². The molecule has 122 valence electrons. The maximum absolute atomic E-state index is 12.4. The molecule has 0 spiro atoms. The second kappa shape index (κ2) is 6.87. The highest BCUT2D eigenvalue weighted by Gasteiger charge is 2.25. The molecule has 0 aliphatic carbocycles. The van der Waals surface area contributed by atoms with E-state index in [1.807, 2.05) is 17.0 Å². The van der Waals surface area contributed by atoms with Gasteiger partial charge in [0.15, 0.2) is 0 Å². The van der Waals surface area contributed by atoms with Gasteiger partial charge in [-0.3, -0.25) is 9.78 Å². The summed E-state index contributed by atoms with van der Waals surface area (Å²) in [5, 5.41) is 3.96. The van der Waals surface area contributed by atoms with E-state index in [1.165, 1.54) is 0 Å². The lowest BCUT2D eigenvalue weighted by molar-refractivity contribution is -0.135. The summed E-state index contributed by atoms with van der Waals surface area (Å²) in [5.74, 6) is 1.17. The molecule has 7 nitrogen and oxygen atoms in total. The van der Waals surface area contributed by atoms with Gasteiger partial charge < -0.3 is 14.3 Å². The molecule has 2 aromatic heterocycles. The largest absolute Gasteiger partial charge is 0.339 e. The molecule has 0 N–H and O–H groups in total. The van der Waals surface area contributed by atoms with Gasteiger partial charge in [0.2, 0.25) is 17.6 Å². The molecule has 23 heavy (non-hydrogen) atoms. The first-order chi connectivity index (χ1) is 11.1. The maximum Gasteiger partial charge on any atom is 0.227 e. The van der Waals surface area contributed by atoms with E-state index < -0.39 is 0 Å². The Morgan fingerprint density at radius 2 is 2.13 bits per heavy atom. The van der Waals surface area contributed by atoms with E-state index in [9.17, 15) is 4.79 Å². The van der Waals surface area contributed by atoms with Crippen LogP contribution in [-0.4, -0.2) is 63.6 Å². The van der Waals surface area contributed by atoms with Crippen LogP contribution in [0.4, 0.5) is 0 Å². The van der Waals surface area contributed by atoms with Crippen LogP contribution < -0.4 is 0 Å². The number of carbonyl (C=O) groups is 1. The van der Waals surface area contributed by atoms with Crippen molar-refractivity contribution >= 4 is 5.91 Å². The van der Waals surface area contributed by atoms with Gasteiger partial charge >= 0.3 is 0 Å². The molecule has 1 atom stereocenters. The number of rotatable bonds is 4. The molecule has 1 unspecified atom stereocenters. The lowest BCUT2D eigenvalue weighted by Gasteiger charge is -2.38. The highest BCUT2D eigenvalue weighted by atomic mass is 16.5. The number of carbonyl (C=O) groups excluding carboxylic acids is 1. The van der Waals surface area contributed by atoms with Crippen LogP contribution in [0, 0.1) is 0 Å². The normalized spacial score (nSPS) is 19.0. The number of likely N-dealkylation sites (N-methyl/N-ethyl adjacent to an activating group) is 1. The lowest BCUT2D eigenvalue weighted by atomic mass is 10.1. The summed E-state index contributed by atoms with van der Waals surface area (Å²) in [4.78, 5) is 24.9. The molecule has 3 rings (SSSR count). The Balaban J connectivity index is 1.56. The van der Waals surface area contributed by atoms with Crippen molar-refractivity contribution in [1.82, 2.24) is 24.9 Å². The molecule has 1 amide bonds. The maximum atomic E-state index is 12.4. The zero-order chi connectivity index (χ0) is 16.2. The average molecular weight is 315 g/mol. The van der Waals surface area contributed by atoms with Gasteiger partial charge in [0.1, 0.15) is 0 Å². The number of aryl methyl sites for hydroxylation is 1. The zero-order valence-electron chi connectivity index (χ0n) is 13.5. The molecule has 0 radical (unpaired) electrons. The Morgan fingerprint density at radius 1 is 1.35 bits per heavy atom. The molecule has 1 aliphatic rings. The molecular weight excluding hydrogens is 294 g/mol. The summed E-state index contributed by atoms with van der Waals surface area (Å²) >= 11 is 0. The summed E-state index contributed by atoms with van der Waals surface area (Å²) < 4.78 is 5.24. The Morgan fingerprint density at radius 3 is 2.87 bits per heavy atom. The van der Waals surface area contributed by atoms with Gasteiger partial charge in [0.25, 0.3) is 0 Å². The van der Waals surface area contributed by atoms with Gasteiger partial charge in [-0.15, -0.1) is 0 Å². The quantitative estimate of drug-likeness (QED) is 0.844. The minimum atomic E-state index is 0.147. The van der Waals surface area contributed by atoms with Crippen LogP contribution in [-0.2, 0) is 11.2 Å². The van der Waals surface area contributed by atoms with Crippen molar-refractivity contribution in [2.24, 2.45) is 0 Å². The topological polar surface area (TPSA) is 75.4 Å². The van der Waals surface area contributed by atoms with Gasteiger partial charge in [-0.25, -0.2) is 0 Å². The third-order valence-corrected chi connectivity index (χ3v) is 4.11. The van der Waals surface area contributed by atoms with E-state index in [4.69, 9.17) is 4.52 Å². The van der Waals surface area contributed by atoms with Crippen LogP contribution in [0.2, 0.25) is 0 Å². The lowest BCUT2D eigenvalue weighted by Crippen LogP contribution is -2.52. The van der Waals surface area contributed by atoms with Crippen LogP contribution in [0.3, 0.4) is 0 Å². The van der Waals surface area contributed by atoms with Crippen LogP contribution in [0.15, 0.2) is 29.0 Å². The Hall–Kier alpha value is -2.28. The predicted molar refractivity (Wildman–Crippen MR) is 84.5 cm³/mol. The Bertz CT molecular complexity index is 658. The van der Waals surface area contributed by atoms with Crippen molar-refractivity contribution in [2.75, 3.05) is 26.7 Å². The van der Waals surface area contributed by atoms with Gasteiger partial charge in [-0.1, -0.05) is 5.16 Å². The fourth-order valence-electron chi connectivity index (χ4n) is 2.84. The summed E-state index contributed by atoms with van der Waals surface area (Å²) in [6.07, 6.45) is 4.23. The van der Waals surface area contributed by atoms with E-state index in [-0.39, 0.29) is 11.9 Å². The summed E-state index contributed by atoms with van der Waals surface area (Å²) in [6.45, 7) is 4.70. The summed E-state index contributed by atoms with van der Waals surface area (Å²) in [7, 11) is 2.08. The van der Waals surface area contributed by atoms with Gasteiger partial charge in [-0.2, -0.15) is 4.98 Å². The number of amides is 1. The predicted octanol–water partition coefficient (Wildman–Crippen LogP) is 1.23. The van der Waals surface area contributed by atoms with Gasteiger partial charge in [0.05, 0.1) is 0 Å². The van der Waals surface area contributed by atoms with Crippen LogP contribution >= 0.6 is 0 Å². The number of aromatic nitrogens is 3. The molecule has 3 heterocycles. The van der Waals surface area contributed by atoms with E-state index in [2.05, 4.69) is 34.0 Å². The second-order valence-electron chi connectivity index (χ2n) is 5.95. The molecule has 1 aliphatic heterocycles. The van der Waals surface area contributed by atoms with E-state index in [0.717, 1.165) is 25.2 Å². The molecule has 0 aromatic carbocycles. The Labute approximate surface area is 135 Å². The monoisotopic (exact) mass is 315 g/mol.